The number of anilines is 1. The van der Waals surface area contributed by atoms with Crippen LogP contribution in [0.5, 0.6) is 0 Å². The van der Waals surface area contributed by atoms with Crippen LogP contribution < -0.4 is 4.90 Å². The summed E-state index contributed by atoms with van der Waals surface area (Å²) < 4.78 is 28.4. The van der Waals surface area contributed by atoms with Crippen LogP contribution in [-0.4, -0.2) is 51.8 Å². The van der Waals surface area contributed by atoms with E-state index in [0.29, 0.717) is 31.1 Å². The Morgan fingerprint density at radius 3 is 2.15 bits per heavy atom. The Balaban J connectivity index is 1.51. The minimum absolute atomic E-state index is 0.271. The van der Waals surface area contributed by atoms with Crippen molar-refractivity contribution in [3.05, 3.63) is 60.2 Å². The zero-order valence-electron chi connectivity index (χ0n) is 14.7. The maximum atomic E-state index is 12.2. The van der Waals surface area contributed by atoms with Crippen molar-refractivity contribution in [3.63, 3.8) is 0 Å². The third kappa shape index (κ3) is 4.54. The van der Waals surface area contributed by atoms with Gasteiger partial charge in [-0.15, -0.1) is 0 Å². The summed E-state index contributed by atoms with van der Waals surface area (Å²) in [7, 11) is -3.19. The average molecular weight is 374 g/mol. The van der Waals surface area contributed by atoms with Crippen LogP contribution in [0.25, 0.3) is 0 Å². The van der Waals surface area contributed by atoms with Crippen LogP contribution in [0.4, 0.5) is 10.5 Å². The number of sulfone groups is 1. The van der Waals surface area contributed by atoms with E-state index >= 15 is 0 Å². The second-order valence-corrected chi connectivity index (χ2v) is 8.30. The molecule has 0 saturated carbocycles. The van der Waals surface area contributed by atoms with Gasteiger partial charge in [-0.3, -0.25) is 0 Å². The van der Waals surface area contributed by atoms with Gasteiger partial charge in [-0.1, -0.05) is 30.3 Å². The minimum Gasteiger partial charge on any atom is -0.445 e. The van der Waals surface area contributed by atoms with E-state index in [9.17, 15) is 13.2 Å². The normalized spacial score (nSPS) is 15.0. The van der Waals surface area contributed by atoms with Crippen molar-refractivity contribution in [2.24, 2.45) is 0 Å². The molecule has 7 heteroatoms. The summed E-state index contributed by atoms with van der Waals surface area (Å²) in [6, 6.07) is 16.4. The lowest BCUT2D eigenvalue weighted by atomic mass is 10.2. The molecule has 1 aliphatic rings. The zero-order chi connectivity index (χ0) is 18.6. The molecule has 1 saturated heterocycles. The smallest absolute Gasteiger partial charge is 0.410 e. The van der Waals surface area contributed by atoms with Gasteiger partial charge in [0.15, 0.2) is 9.84 Å². The molecule has 2 aromatic rings. The van der Waals surface area contributed by atoms with Gasteiger partial charge >= 0.3 is 6.09 Å². The molecule has 6 nitrogen and oxygen atoms in total. The fourth-order valence-corrected chi connectivity index (χ4v) is 3.49. The van der Waals surface area contributed by atoms with E-state index < -0.39 is 9.84 Å². The summed E-state index contributed by atoms with van der Waals surface area (Å²) in [5.74, 6) is 0. The number of rotatable bonds is 4. The second-order valence-electron chi connectivity index (χ2n) is 6.28. The molecule has 1 fully saturated rings. The molecule has 1 aliphatic heterocycles. The zero-order valence-corrected chi connectivity index (χ0v) is 15.5. The summed E-state index contributed by atoms with van der Waals surface area (Å²) in [5.41, 5.74) is 1.92. The highest BCUT2D eigenvalue weighted by Crippen LogP contribution is 2.20. The predicted molar refractivity (Wildman–Crippen MR) is 100.0 cm³/mol. The van der Waals surface area contributed by atoms with Gasteiger partial charge in [0.2, 0.25) is 0 Å². The van der Waals surface area contributed by atoms with Crippen molar-refractivity contribution < 1.29 is 17.9 Å². The average Bonchev–Trinajstić information content (AvgIpc) is 2.66. The van der Waals surface area contributed by atoms with E-state index in [1.807, 2.05) is 30.3 Å². The number of carbonyl (C=O) groups is 1. The van der Waals surface area contributed by atoms with Crippen molar-refractivity contribution in [2.45, 2.75) is 11.5 Å². The van der Waals surface area contributed by atoms with Gasteiger partial charge < -0.3 is 14.5 Å². The molecular formula is C19H22N2O4S. The van der Waals surface area contributed by atoms with Gasteiger partial charge in [0, 0.05) is 38.1 Å². The van der Waals surface area contributed by atoms with Gasteiger partial charge in [-0.2, -0.15) is 0 Å². The summed E-state index contributed by atoms with van der Waals surface area (Å²) in [5, 5.41) is 0. The van der Waals surface area contributed by atoms with Crippen LogP contribution in [0.2, 0.25) is 0 Å². The van der Waals surface area contributed by atoms with Gasteiger partial charge in [0.05, 0.1) is 4.90 Å². The number of ether oxygens (including phenoxy) is 1. The van der Waals surface area contributed by atoms with Gasteiger partial charge in [0.25, 0.3) is 0 Å². The largest absolute Gasteiger partial charge is 0.445 e. The summed E-state index contributed by atoms with van der Waals surface area (Å²) in [4.78, 5) is 16.3. The maximum absolute atomic E-state index is 12.2. The molecule has 0 aromatic heterocycles. The highest BCUT2D eigenvalue weighted by Gasteiger charge is 2.22. The first-order valence-electron chi connectivity index (χ1n) is 8.44. The second kappa shape index (κ2) is 7.78. The van der Waals surface area contributed by atoms with Gasteiger partial charge in [0.1, 0.15) is 6.61 Å². The van der Waals surface area contributed by atoms with E-state index in [0.717, 1.165) is 11.3 Å². The molecule has 0 atom stereocenters. The lowest BCUT2D eigenvalue weighted by molar-refractivity contribution is 0.0942. The molecular weight excluding hydrogens is 352 g/mol. The number of piperazine rings is 1. The number of nitrogens with zero attached hydrogens (tertiary/aromatic N) is 2. The van der Waals surface area contributed by atoms with Crippen LogP contribution in [0.15, 0.2) is 59.5 Å². The van der Waals surface area contributed by atoms with Crippen molar-refractivity contribution >= 4 is 21.6 Å². The highest BCUT2D eigenvalue weighted by atomic mass is 32.2. The predicted octanol–water partition coefficient (Wildman–Crippen LogP) is 2.55. The number of carbonyl (C=O) groups excluding carboxylic acids is 1. The lowest BCUT2D eigenvalue weighted by Gasteiger charge is -2.35. The molecule has 2 aromatic carbocycles. The minimum atomic E-state index is -3.19. The van der Waals surface area contributed by atoms with Crippen molar-refractivity contribution in [2.75, 3.05) is 37.3 Å². The molecule has 0 bridgehead atoms. The van der Waals surface area contributed by atoms with Crippen LogP contribution in [0.3, 0.4) is 0 Å². The van der Waals surface area contributed by atoms with Gasteiger partial charge in [-0.25, -0.2) is 13.2 Å². The van der Waals surface area contributed by atoms with Crippen LogP contribution >= 0.6 is 0 Å². The Hall–Kier alpha value is -2.54. The summed E-state index contributed by atoms with van der Waals surface area (Å²) >= 11 is 0. The first-order chi connectivity index (χ1) is 12.4. The molecule has 3 rings (SSSR count). The molecule has 0 unspecified atom stereocenters. The van der Waals surface area contributed by atoms with E-state index in [2.05, 4.69) is 4.90 Å². The molecule has 1 amide bonds. The molecule has 0 spiro atoms. The molecule has 0 radical (unpaired) electrons. The molecule has 26 heavy (non-hydrogen) atoms. The Bertz CT molecular complexity index is 843. The Kier molecular flexibility index (Phi) is 5.46. The van der Waals surface area contributed by atoms with Crippen molar-refractivity contribution in [3.8, 4) is 0 Å². The number of hydrogen-bond acceptors (Lipinski definition) is 5. The quantitative estimate of drug-likeness (QED) is 0.823. The topological polar surface area (TPSA) is 66.9 Å². The number of benzene rings is 2. The molecule has 1 heterocycles. The number of hydrogen-bond donors (Lipinski definition) is 0. The highest BCUT2D eigenvalue weighted by molar-refractivity contribution is 7.90. The third-order valence-corrected chi connectivity index (χ3v) is 5.50. The lowest BCUT2D eigenvalue weighted by Crippen LogP contribution is -2.48. The summed E-state index contributed by atoms with van der Waals surface area (Å²) in [6.07, 6.45) is 0.892. The van der Waals surface area contributed by atoms with Crippen LogP contribution in [-0.2, 0) is 21.2 Å². The first kappa shape index (κ1) is 18.3. The Morgan fingerprint density at radius 2 is 1.58 bits per heavy atom. The third-order valence-electron chi connectivity index (χ3n) is 4.37. The molecule has 0 aliphatic carbocycles. The van der Waals surface area contributed by atoms with E-state index in [1.165, 1.54) is 6.26 Å². The standard InChI is InChI=1S/C19H22N2O4S/c1-26(23,24)18-9-7-17(8-10-18)20-11-13-21(14-12-20)19(22)25-15-16-5-3-2-4-6-16/h2-10H,11-15H2,1H3. The van der Waals surface area contributed by atoms with Crippen LogP contribution in [0, 0.1) is 0 Å². The number of amides is 1. The fourth-order valence-electron chi connectivity index (χ4n) is 2.86. The Morgan fingerprint density at radius 1 is 0.962 bits per heavy atom. The van der Waals surface area contributed by atoms with E-state index in [1.54, 1.807) is 29.2 Å². The van der Waals surface area contributed by atoms with Crippen molar-refractivity contribution in [1.29, 1.82) is 0 Å². The summed E-state index contributed by atoms with van der Waals surface area (Å²) in [6.45, 7) is 2.77. The first-order valence-corrected chi connectivity index (χ1v) is 10.3. The van der Waals surface area contributed by atoms with Gasteiger partial charge in [-0.05, 0) is 29.8 Å². The Labute approximate surface area is 153 Å². The monoisotopic (exact) mass is 374 g/mol. The van der Waals surface area contributed by atoms with E-state index in [-0.39, 0.29) is 12.7 Å². The van der Waals surface area contributed by atoms with Crippen LogP contribution in [0.1, 0.15) is 5.56 Å². The fraction of sp³-hybridized carbons (Fsp3) is 0.316. The maximum Gasteiger partial charge on any atom is 0.410 e. The SMILES string of the molecule is CS(=O)(=O)c1ccc(N2CCN(C(=O)OCc3ccccc3)CC2)cc1. The molecule has 0 N–H and O–H groups in total. The molecule has 138 valence electrons. The van der Waals surface area contributed by atoms with Crippen molar-refractivity contribution in [1.82, 2.24) is 4.90 Å². The van der Waals surface area contributed by atoms with E-state index in [4.69, 9.17) is 4.74 Å².